The zero-order valence-corrected chi connectivity index (χ0v) is 25.2. The lowest BCUT2D eigenvalue weighted by molar-refractivity contribution is 0.669. The van der Waals surface area contributed by atoms with E-state index in [1.807, 2.05) is 78.9 Å². The predicted molar refractivity (Wildman–Crippen MR) is 195 cm³/mol. The van der Waals surface area contributed by atoms with Crippen molar-refractivity contribution in [2.24, 2.45) is 0 Å². The van der Waals surface area contributed by atoms with E-state index in [0.29, 0.717) is 28.4 Å². The molecule has 0 spiro atoms. The van der Waals surface area contributed by atoms with Gasteiger partial charge in [-0.05, 0) is 58.2 Å². The van der Waals surface area contributed by atoms with Gasteiger partial charge in [0.25, 0.3) is 0 Å². The van der Waals surface area contributed by atoms with E-state index < -0.39 is 0 Å². The Morgan fingerprint density at radius 3 is 1.88 bits per heavy atom. The fourth-order valence-corrected chi connectivity index (χ4v) is 6.48. The van der Waals surface area contributed by atoms with Gasteiger partial charge in [0.05, 0.1) is 19.3 Å². The highest BCUT2D eigenvalue weighted by Crippen LogP contribution is 2.35. The number of hydrogen-bond donors (Lipinski definition) is 0. The Hall–Kier alpha value is -6.59. The molecular weight excluding hydrogens is 589 g/mol. The van der Waals surface area contributed by atoms with Crippen LogP contribution in [0.3, 0.4) is 0 Å². The van der Waals surface area contributed by atoms with E-state index >= 15 is 0 Å². The Morgan fingerprint density at radius 2 is 1.08 bits per heavy atom. The first-order valence-electron chi connectivity index (χ1n) is 18.5. The second-order valence-corrected chi connectivity index (χ2v) is 11.6. The number of nitrogens with zero attached hydrogens (tertiary/aromatic N) is 4. The third-order valence-corrected chi connectivity index (χ3v) is 8.81. The molecule has 224 valence electrons. The third-order valence-electron chi connectivity index (χ3n) is 8.81. The molecule has 0 aliphatic heterocycles. The molecule has 10 rings (SSSR count). The number of aromatic nitrogens is 4. The lowest BCUT2D eigenvalue weighted by Crippen LogP contribution is -2.06. The van der Waals surface area contributed by atoms with Crippen molar-refractivity contribution < 1.29 is 12.6 Å². The summed E-state index contributed by atoms with van der Waals surface area (Å²) >= 11 is 0. The molecule has 0 unspecified atom stereocenters. The first-order chi connectivity index (χ1) is 26.2. The fourth-order valence-electron chi connectivity index (χ4n) is 6.48. The third kappa shape index (κ3) is 4.22. The van der Waals surface area contributed by atoms with Gasteiger partial charge in [0, 0.05) is 32.7 Å². The molecule has 5 heteroatoms. The lowest BCUT2D eigenvalue weighted by Gasteiger charge is -2.11. The molecule has 0 saturated heterocycles. The first kappa shape index (κ1) is 21.3. The largest absolute Gasteiger partial charge is 0.456 e. The second kappa shape index (κ2) is 10.5. The molecule has 10 aromatic rings. The summed E-state index contributed by atoms with van der Waals surface area (Å²) in [5, 5.41) is 4.48. The van der Waals surface area contributed by atoms with Crippen molar-refractivity contribution in [1.29, 1.82) is 0 Å². The zero-order valence-electron chi connectivity index (χ0n) is 31.2. The van der Waals surface area contributed by atoms with Crippen molar-refractivity contribution in [3.63, 3.8) is 0 Å². The number of hydrogen-bond acceptors (Lipinski definition) is 4. The quantitative estimate of drug-likeness (QED) is 0.196. The smallest absolute Gasteiger partial charge is 0.238 e. The Kier molecular flexibility index (Phi) is 4.64. The van der Waals surface area contributed by atoms with Crippen molar-refractivity contribution in [3.8, 4) is 39.9 Å². The van der Waals surface area contributed by atoms with Crippen LogP contribution in [0.4, 0.5) is 0 Å². The molecule has 0 atom stereocenters. The topological polar surface area (TPSA) is 56.7 Å². The normalized spacial score (nSPS) is 13.5. The van der Waals surface area contributed by atoms with Crippen LogP contribution in [0.2, 0.25) is 0 Å². The van der Waals surface area contributed by atoms with Crippen LogP contribution < -0.4 is 0 Å². The molecule has 3 aromatic heterocycles. The van der Waals surface area contributed by atoms with Crippen LogP contribution in [0.15, 0.2) is 162 Å². The van der Waals surface area contributed by atoms with Crippen LogP contribution in [-0.4, -0.2) is 19.5 Å². The van der Waals surface area contributed by atoms with Gasteiger partial charge in [-0.3, -0.25) is 4.57 Å². The molecule has 5 nitrogen and oxygen atoms in total. The summed E-state index contributed by atoms with van der Waals surface area (Å²) in [5.41, 5.74) is 5.15. The monoisotopic (exact) mass is 620 g/mol. The van der Waals surface area contributed by atoms with Crippen molar-refractivity contribution >= 4 is 54.5 Å². The maximum absolute atomic E-state index is 8.98. The Bertz CT molecular complexity index is 3120. The molecule has 0 amide bonds. The number of furan rings is 1. The van der Waals surface area contributed by atoms with Crippen LogP contribution in [0.5, 0.6) is 0 Å². The maximum Gasteiger partial charge on any atom is 0.238 e. The average molecular weight is 621 g/mol. The summed E-state index contributed by atoms with van der Waals surface area (Å²) in [6.45, 7) is 0. The van der Waals surface area contributed by atoms with E-state index in [9.17, 15) is 0 Å². The fraction of sp³-hybridized carbons (Fsp3) is 0. The zero-order chi connectivity index (χ0) is 36.8. The van der Waals surface area contributed by atoms with Gasteiger partial charge in [-0.15, -0.1) is 0 Å². The van der Waals surface area contributed by atoms with Gasteiger partial charge < -0.3 is 4.42 Å². The van der Waals surface area contributed by atoms with Gasteiger partial charge >= 0.3 is 0 Å². The van der Waals surface area contributed by atoms with Crippen LogP contribution in [0, 0.1) is 0 Å². The van der Waals surface area contributed by atoms with Crippen molar-refractivity contribution in [1.82, 2.24) is 19.5 Å². The predicted octanol–water partition coefficient (Wildman–Crippen LogP) is 11.0. The molecule has 3 heterocycles. The van der Waals surface area contributed by atoms with Crippen molar-refractivity contribution in [3.05, 3.63) is 158 Å². The van der Waals surface area contributed by atoms with Gasteiger partial charge in [0.1, 0.15) is 11.2 Å². The molecule has 0 aliphatic carbocycles. The highest BCUT2D eigenvalue weighted by atomic mass is 16.3. The van der Waals surface area contributed by atoms with E-state index in [4.69, 9.17) is 27.6 Å². The number of rotatable bonds is 4. The minimum absolute atomic E-state index is 0.0644. The molecular formula is C43H26N4O. The average Bonchev–Trinajstić information content (AvgIpc) is 3.76. The van der Waals surface area contributed by atoms with Gasteiger partial charge in [-0.25, -0.2) is 4.98 Å². The standard InChI is InChI=1S/C43H26N4O/c1-2-10-30-25-31(22-19-27(30)9-1)28-17-20-29(21-18-28)41-44-42(32-23-24-36-35-13-5-8-16-39(35)48-40(36)26-32)46-43(45-41)47-37-14-6-3-11-33(37)34-12-4-7-15-38(34)47/h1-26H/i3D,4D,11D,12D,14D,15D. The molecule has 0 bridgehead atoms. The first-order valence-corrected chi connectivity index (χ1v) is 15.5. The summed E-state index contributed by atoms with van der Waals surface area (Å²) < 4.78 is 60.1. The molecule has 0 fully saturated rings. The number of fused-ring (bicyclic) bond motifs is 7. The number of para-hydroxylation sites is 3. The van der Waals surface area contributed by atoms with E-state index in [1.165, 1.54) is 16.7 Å². The molecule has 0 radical (unpaired) electrons. The van der Waals surface area contributed by atoms with Crippen molar-refractivity contribution in [2.45, 2.75) is 0 Å². The lowest BCUT2D eigenvalue weighted by atomic mass is 10.0. The highest BCUT2D eigenvalue weighted by Gasteiger charge is 2.18. The van der Waals surface area contributed by atoms with Gasteiger partial charge in [0.15, 0.2) is 11.6 Å². The maximum atomic E-state index is 8.98. The van der Waals surface area contributed by atoms with E-state index in [-0.39, 0.29) is 64.0 Å². The molecule has 0 aliphatic rings. The van der Waals surface area contributed by atoms with Crippen molar-refractivity contribution in [2.75, 3.05) is 0 Å². The van der Waals surface area contributed by atoms with Crippen LogP contribution >= 0.6 is 0 Å². The second-order valence-electron chi connectivity index (χ2n) is 11.6. The Morgan fingerprint density at radius 1 is 0.458 bits per heavy atom. The summed E-state index contributed by atoms with van der Waals surface area (Å²) in [6, 6.07) is 37.6. The van der Waals surface area contributed by atoms with Gasteiger partial charge in [-0.2, -0.15) is 9.97 Å². The summed E-state index contributed by atoms with van der Waals surface area (Å²) in [4.78, 5) is 14.8. The van der Waals surface area contributed by atoms with Crippen LogP contribution in [0.25, 0.3) is 94.4 Å². The Labute approximate surface area is 283 Å². The Balaban J connectivity index is 1.22. The highest BCUT2D eigenvalue weighted by molar-refractivity contribution is 6.09. The molecule has 0 N–H and O–H groups in total. The SMILES string of the molecule is [2H]c1cc([2H])c2c(c1[2H])c1c([2H])c([2H])cc([2H])c1n2-c1nc(-c2ccc(-c3ccc4ccccc4c3)cc2)nc(-c2ccc3c(c2)oc2ccccc23)n1. The minimum Gasteiger partial charge on any atom is -0.456 e. The number of benzene rings is 7. The molecule has 7 aromatic carbocycles. The summed E-state index contributed by atoms with van der Waals surface area (Å²) in [6.07, 6.45) is 0. The van der Waals surface area contributed by atoms with Gasteiger partial charge in [0.2, 0.25) is 5.95 Å². The molecule has 0 saturated carbocycles. The van der Waals surface area contributed by atoms with E-state index in [0.717, 1.165) is 38.3 Å². The summed E-state index contributed by atoms with van der Waals surface area (Å²) in [5.74, 6) is 0.689. The van der Waals surface area contributed by atoms with Gasteiger partial charge in [-0.1, -0.05) is 121 Å². The van der Waals surface area contributed by atoms with Crippen LogP contribution in [-0.2, 0) is 0 Å². The van der Waals surface area contributed by atoms with E-state index in [1.54, 1.807) is 0 Å². The molecule has 48 heavy (non-hydrogen) atoms. The summed E-state index contributed by atoms with van der Waals surface area (Å²) in [7, 11) is 0. The van der Waals surface area contributed by atoms with Crippen LogP contribution in [0.1, 0.15) is 8.22 Å². The van der Waals surface area contributed by atoms with E-state index in [2.05, 4.69) is 30.3 Å². The minimum atomic E-state index is -0.211.